The quantitative estimate of drug-likeness (QED) is 0.217. The lowest BCUT2D eigenvalue weighted by Gasteiger charge is -2.36. The number of esters is 1. The van der Waals surface area contributed by atoms with Gasteiger partial charge in [0, 0.05) is 13.1 Å². The first-order chi connectivity index (χ1) is 18.3. The van der Waals surface area contributed by atoms with Crippen molar-refractivity contribution in [1.29, 1.82) is 0 Å². The summed E-state index contributed by atoms with van der Waals surface area (Å²) in [7, 11) is 0. The molecule has 220 valence electrons. The molecule has 1 aromatic carbocycles. The van der Waals surface area contributed by atoms with Crippen molar-refractivity contribution in [3.8, 4) is 5.75 Å². The highest BCUT2D eigenvalue weighted by molar-refractivity contribution is 5.92. The standard InChI is InChI=1S/C29H47N3O7/c1-8-11-12-19-32(27(36)24(20(4)9-2)31-28(37)39-29(5,6)7)25(21-13-15-22(33)16-14-21)26(35)30-18-17-23(34)38-10-3/h13-16,20,24-25,33H,8-12,17-19H2,1-7H3,(H,30,35)(H,31,37). The molecule has 0 spiro atoms. The van der Waals surface area contributed by atoms with Crippen molar-refractivity contribution in [2.45, 2.75) is 98.3 Å². The van der Waals surface area contributed by atoms with Crippen LogP contribution in [-0.4, -0.2) is 65.2 Å². The number of phenolic OH excluding ortho intramolecular Hbond substituents is 1. The predicted octanol–water partition coefficient (Wildman–Crippen LogP) is 4.46. The summed E-state index contributed by atoms with van der Waals surface area (Å²) in [6, 6.07) is 4.10. The average molecular weight is 550 g/mol. The van der Waals surface area contributed by atoms with Gasteiger partial charge in [0.05, 0.1) is 13.0 Å². The maximum Gasteiger partial charge on any atom is 0.408 e. The Morgan fingerprint density at radius 3 is 2.21 bits per heavy atom. The molecule has 0 aliphatic heterocycles. The Labute approximate surface area is 232 Å². The molecule has 0 heterocycles. The number of benzene rings is 1. The number of unbranched alkanes of at least 4 members (excludes halogenated alkanes) is 2. The highest BCUT2D eigenvalue weighted by Crippen LogP contribution is 2.27. The van der Waals surface area contributed by atoms with Crippen LogP contribution < -0.4 is 10.6 Å². The number of nitrogens with zero attached hydrogens (tertiary/aromatic N) is 1. The SMILES string of the molecule is CCCCCN(C(=O)C(NC(=O)OC(C)(C)C)C(C)CC)C(C(=O)NCCC(=O)OCC)c1ccc(O)cc1. The van der Waals surface area contributed by atoms with Crippen LogP contribution in [0.2, 0.25) is 0 Å². The maximum atomic E-state index is 14.1. The largest absolute Gasteiger partial charge is 0.508 e. The molecule has 1 aromatic rings. The molecule has 10 heteroatoms. The zero-order chi connectivity index (χ0) is 29.6. The zero-order valence-corrected chi connectivity index (χ0v) is 24.5. The summed E-state index contributed by atoms with van der Waals surface area (Å²) in [5, 5.41) is 15.3. The van der Waals surface area contributed by atoms with Crippen molar-refractivity contribution in [2.24, 2.45) is 5.92 Å². The molecule has 0 aliphatic rings. The summed E-state index contributed by atoms with van der Waals surface area (Å²) in [6.45, 7) is 13.3. The van der Waals surface area contributed by atoms with Crippen molar-refractivity contribution in [2.75, 3.05) is 19.7 Å². The first-order valence-electron chi connectivity index (χ1n) is 13.9. The van der Waals surface area contributed by atoms with E-state index in [-0.39, 0.29) is 37.8 Å². The van der Waals surface area contributed by atoms with Crippen molar-refractivity contribution < 1.29 is 33.8 Å². The molecule has 3 amide bonds. The van der Waals surface area contributed by atoms with E-state index < -0.39 is 41.6 Å². The number of ether oxygens (including phenoxy) is 2. The molecular weight excluding hydrogens is 502 g/mol. The molecule has 10 nitrogen and oxygen atoms in total. The number of alkyl carbamates (subject to hydrolysis) is 1. The zero-order valence-electron chi connectivity index (χ0n) is 24.5. The van der Waals surface area contributed by atoms with Crippen LogP contribution in [0, 0.1) is 5.92 Å². The van der Waals surface area contributed by atoms with Crippen LogP contribution in [0.5, 0.6) is 5.75 Å². The number of rotatable bonds is 15. The summed E-state index contributed by atoms with van der Waals surface area (Å²) in [5.74, 6) is -1.55. The van der Waals surface area contributed by atoms with Crippen LogP contribution in [0.4, 0.5) is 4.79 Å². The summed E-state index contributed by atoms with van der Waals surface area (Å²) in [4.78, 5) is 53.7. The number of amides is 3. The molecule has 0 bridgehead atoms. The van der Waals surface area contributed by atoms with Gasteiger partial charge >= 0.3 is 12.1 Å². The van der Waals surface area contributed by atoms with E-state index in [1.807, 2.05) is 20.8 Å². The molecule has 0 radical (unpaired) electrons. The summed E-state index contributed by atoms with van der Waals surface area (Å²) in [6.07, 6.45) is 2.26. The molecule has 0 saturated heterocycles. The Balaban J connectivity index is 3.43. The molecule has 0 saturated carbocycles. The first-order valence-corrected chi connectivity index (χ1v) is 13.9. The van der Waals surface area contributed by atoms with Gasteiger partial charge in [0.2, 0.25) is 11.8 Å². The van der Waals surface area contributed by atoms with Gasteiger partial charge in [0.15, 0.2) is 0 Å². The second kappa shape index (κ2) is 16.6. The van der Waals surface area contributed by atoms with E-state index in [4.69, 9.17) is 9.47 Å². The van der Waals surface area contributed by atoms with E-state index in [1.54, 1.807) is 39.8 Å². The number of hydrogen-bond donors (Lipinski definition) is 3. The van der Waals surface area contributed by atoms with Crippen LogP contribution in [-0.2, 0) is 23.9 Å². The van der Waals surface area contributed by atoms with Crippen LogP contribution in [0.15, 0.2) is 24.3 Å². The third kappa shape index (κ3) is 12.0. The van der Waals surface area contributed by atoms with Gasteiger partial charge in [-0.05, 0) is 57.7 Å². The number of aromatic hydroxyl groups is 1. The van der Waals surface area contributed by atoms with Gasteiger partial charge in [-0.15, -0.1) is 0 Å². The fourth-order valence-electron chi connectivity index (χ4n) is 3.94. The molecule has 0 aliphatic carbocycles. The van der Waals surface area contributed by atoms with Crippen molar-refractivity contribution in [1.82, 2.24) is 15.5 Å². The highest BCUT2D eigenvalue weighted by Gasteiger charge is 2.37. The minimum atomic E-state index is -1.05. The normalized spacial score (nSPS) is 13.5. The predicted molar refractivity (Wildman–Crippen MR) is 149 cm³/mol. The molecule has 3 unspecified atom stereocenters. The van der Waals surface area contributed by atoms with Gasteiger partial charge in [-0.3, -0.25) is 14.4 Å². The Hall–Kier alpha value is -3.30. The van der Waals surface area contributed by atoms with Gasteiger partial charge in [-0.25, -0.2) is 4.79 Å². The maximum absolute atomic E-state index is 14.1. The third-order valence-corrected chi connectivity index (χ3v) is 6.14. The number of nitrogens with one attached hydrogen (secondary N) is 2. The molecule has 39 heavy (non-hydrogen) atoms. The van der Waals surface area contributed by atoms with E-state index in [2.05, 4.69) is 10.6 Å². The highest BCUT2D eigenvalue weighted by atomic mass is 16.6. The third-order valence-electron chi connectivity index (χ3n) is 6.14. The monoisotopic (exact) mass is 549 g/mol. The first kappa shape index (κ1) is 33.7. The Morgan fingerprint density at radius 1 is 1.03 bits per heavy atom. The molecular formula is C29H47N3O7. The van der Waals surface area contributed by atoms with Crippen molar-refractivity contribution >= 4 is 23.9 Å². The lowest BCUT2D eigenvalue weighted by Crippen LogP contribution is -2.55. The molecule has 0 fully saturated rings. The Morgan fingerprint density at radius 2 is 1.67 bits per heavy atom. The van der Waals surface area contributed by atoms with Crippen LogP contribution in [0.25, 0.3) is 0 Å². The van der Waals surface area contributed by atoms with Gasteiger partial charge in [0.25, 0.3) is 0 Å². The van der Waals surface area contributed by atoms with Gasteiger partial charge in [0.1, 0.15) is 23.4 Å². The van der Waals surface area contributed by atoms with Crippen LogP contribution >= 0.6 is 0 Å². The lowest BCUT2D eigenvalue weighted by atomic mass is 9.95. The van der Waals surface area contributed by atoms with E-state index in [1.165, 1.54) is 17.0 Å². The fraction of sp³-hybridized carbons (Fsp3) is 0.655. The van der Waals surface area contributed by atoms with E-state index in [0.29, 0.717) is 18.4 Å². The second-order valence-electron chi connectivity index (χ2n) is 10.6. The van der Waals surface area contributed by atoms with Gasteiger partial charge in [-0.2, -0.15) is 0 Å². The van der Waals surface area contributed by atoms with Crippen molar-refractivity contribution in [3.63, 3.8) is 0 Å². The molecule has 3 atom stereocenters. The lowest BCUT2D eigenvalue weighted by molar-refractivity contribution is -0.145. The molecule has 3 N–H and O–H groups in total. The summed E-state index contributed by atoms with van der Waals surface area (Å²) < 4.78 is 10.4. The average Bonchev–Trinajstić information content (AvgIpc) is 2.86. The molecule has 0 aromatic heterocycles. The summed E-state index contributed by atoms with van der Waals surface area (Å²) >= 11 is 0. The summed E-state index contributed by atoms with van der Waals surface area (Å²) in [5.41, 5.74) is -0.257. The number of carbonyl (C=O) groups is 4. The van der Waals surface area contributed by atoms with E-state index in [9.17, 15) is 24.3 Å². The second-order valence-corrected chi connectivity index (χ2v) is 10.6. The Bertz CT molecular complexity index is 928. The molecule has 1 rings (SSSR count). The van der Waals surface area contributed by atoms with Crippen LogP contribution in [0.3, 0.4) is 0 Å². The Kier molecular flexibility index (Phi) is 14.4. The van der Waals surface area contributed by atoms with E-state index in [0.717, 1.165) is 12.8 Å². The smallest absolute Gasteiger partial charge is 0.408 e. The minimum absolute atomic E-state index is 0.0125. The number of hydrogen-bond acceptors (Lipinski definition) is 7. The number of carbonyl (C=O) groups excluding carboxylic acids is 4. The van der Waals surface area contributed by atoms with Crippen LogP contribution in [0.1, 0.15) is 92.2 Å². The van der Waals surface area contributed by atoms with Gasteiger partial charge < -0.3 is 30.1 Å². The van der Waals surface area contributed by atoms with Crippen molar-refractivity contribution in [3.05, 3.63) is 29.8 Å². The fourth-order valence-corrected chi connectivity index (χ4v) is 3.94. The van der Waals surface area contributed by atoms with Gasteiger partial charge in [-0.1, -0.05) is 52.2 Å². The van der Waals surface area contributed by atoms with E-state index >= 15 is 0 Å². The minimum Gasteiger partial charge on any atom is -0.508 e. The topological polar surface area (TPSA) is 134 Å². The number of phenols is 1.